The summed E-state index contributed by atoms with van der Waals surface area (Å²) in [5.41, 5.74) is -0.232. The molecule has 0 spiro atoms. The smallest absolute Gasteiger partial charge is 0.0953 e. The summed E-state index contributed by atoms with van der Waals surface area (Å²) in [5, 5.41) is 13.6. The third-order valence-electron chi connectivity index (χ3n) is 3.27. The van der Waals surface area contributed by atoms with E-state index in [0.717, 1.165) is 30.7 Å². The van der Waals surface area contributed by atoms with Crippen molar-refractivity contribution in [3.63, 3.8) is 0 Å². The van der Waals surface area contributed by atoms with E-state index in [2.05, 4.69) is 18.8 Å². The Morgan fingerprint density at radius 3 is 2.87 bits per heavy atom. The molecule has 1 heterocycles. The molecule has 1 unspecified atom stereocenters. The first-order valence-electron chi connectivity index (χ1n) is 5.60. The molecule has 1 saturated carbocycles. The molecule has 2 nitrogen and oxygen atoms in total. The van der Waals surface area contributed by atoms with Gasteiger partial charge in [0, 0.05) is 18.0 Å². The van der Waals surface area contributed by atoms with Gasteiger partial charge in [-0.05, 0) is 24.7 Å². The van der Waals surface area contributed by atoms with Gasteiger partial charge in [-0.25, -0.2) is 4.98 Å². The predicted molar refractivity (Wildman–Crippen MR) is 63.0 cm³/mol. The molecule has 1 aromatic rings. The van der Waals surface area contributed by atoms with Crippen LogP contribution in [0.3, 0.4) is 0 Å². The lowest BCUT2D eigenvalue weighted by Gasteiger charge is -2.41. The van der Waals surface area contributed by atoms with Crippen molar-refractivity contribution in [3.8, 4) is 0 Å². The van der Waals surface area contributed by atoms with Gasteiger partial charge in [-0.1, -0.05) is 20.3 Å². The summed E-state index contributed by atoms with van der Waals surface area (Å²) in [6, 6.07) is 0. The Morgan fingerprint density at radius 2 is 2.27 bits per heavy atom. The van der Waals surface area contributed by atoms with Crippen molar-refractivity contribution < 1.29 is 5.11 Å². The minimum absolute atomic E-state index is 0.282. The quantitative estimate of drug-likeness (QED) is 0.839. The highest BCUT2D eigenvalue weighted by molar-refractivity contribution is 7.09. The van der Waals surface area contributed by atoms with Gasteiger partial charge in [0.2, 0.25) is 0 Å². The molecule has 0 saturated heterocycles. The molecular formula is C12H19NOS. The van der Waals surface area contributed by atoms with E-state index in [1.54, 1.807) is 11.3 Å². The number of nitrogens with zero attached hydrogens (tertiary/aromatic N) is 1. The lowest BCUT2D eigenvalue weighted by molar-refractivity contribution is -0.0382. The molecule has 1 atom stereocenters. The molecule has 3 heteroatoms. The van der Waals surface area contributed by atoms with E-state index in [-0.39, 0.29) is 5.41 Å². The van der Waals surface area contributed by atoms with Crippen LogP contribution in [0.2, 0.25) is 0 Å². The molecular weight excluding hydrogens is 206 g/mol. The first-order chi connectivity index (χ1) is 6.99. The van der Waals surface area contributed by atoms with Gasteiger partial charge in [-0.15, -0.1) is 11.3 Å². The number of aromatic nitrogens is 1. The summed E-state index contributed by atoms with van der Waals surface area (Å²) in [4.78, 5) is 4.26. The SMILES string of the molecule is CC1(C)CCCC(O)(Cc2nccs2)C1. The van der Waals surface area contributed by atoms with Crippen LogP contribution in [0.25, 0.3) is 0 Å². The van der Waals surface area contributed by atoms with Crippen LogP contribution in [0.1, 0.15) is 44.5 Å². The van der Waals surface area contributed by atoms with Crippen molar-refractivity contribution in [1.29, 1.82) is 0 Å². The fourth-order valence-electron chi connectivity index (χ4n) is 2.74. The van der Waals surface area contributed by atoms with E-state index in [1.165, 1.54) is 6.42 Å². The van der Waals surface area contributed by atoms with Crippen LogP contribution < -0.4 is 0 Å². The Hall–Kier alpha value is -0.410. The van der Waals surface area contributed by atoms with Gasteiger partial charge in [0.1, 0.15) is 0 Å². The summed E-state index contributed by atoms with van der Waals surface area (Å²) >= 11 is 1.64. The van der Waals surface area contributed by atoms with Crippen molar-refractivity contribution in [1.82, 2.24) is 4.98 Å². The van der Waals surface area contributed by atoms with E-state index in [0.29, 0.717) is 0 Å². The maximum absolute atomic E-state index is 10.5. The summed E-state index contributed by atoms with van der Waals surface area (Å²) in [5.74, 6) is 0. The van der Waals surface area contributed by atoms with Crippen molar-refractivity contribution in [2.75, 3.05) is 0 Å². The monoisotopic (exact) mass is 225 g/mol. The summed E-state index contributed by atoms with van der Waals surface area (Å²) in [6.45, 7) is 4.50. The van der Waals surface area contributed by atoms with Crippen LogP contribution in [0.15, 0.2) is 11.6 Å². The molecule has 1 aromatic heterocycles. The van der Waals surface area contributed by atoms with E-state index in [1.807, 2.05) is 11.6 Å². The van der Waals surface area contributed by atoms with Gasteiger partial charge in [-0.2, -0.15) is 0 Å². The highest BCUT2D eigenvalue weighted by atomic mass is 32.1. The van der Waals surface area contributed by atoms with Crippen LogP contribution in [-0.2, 0) is 6.42 Å². The van der Waals surface area contributed by atoms with E-state index >= 15 is 0 Å². The Kier molecular flexibility index (Phi) is 2.86. The highest BCUT2D eigenvalue weighted by Gasteiger charge is 2.38. The standard InChI is InChI=1S/C12H19NOS/c1-11(2)4-3-5-12(14,9-11)8-10-13-6-7-15-10/h6-7,14H,3-5,8-9H2,1-2H3. The average Bonchev–Trinajstić information content (AvgIpc) is 2.52. The molecule has 1 fully saturated rings. The minimum atomic E-state index is -0.514. The van der Waals surface area contributed by atoms with Crippen molar-refractivity contribution in [3.05, 3.63) is 16.6 Å². The summed E-state index contributed by atoms with van der Waals surface area (Å²) in [6.07, 6.45) is 6.74. The second kappa shape index (κ2) is 3.87. The number of hydrogen-bond acceptors (Lipinski definition) is 3. The Morgan fingerprint density at radius 1 is 1.47 bits per heavy atom. The topological polar surface area (TPSA) is 33.1 Å². The zero-order valence-corrected chi connectivity index (χ0v) is 10.3. The molecule has 1 aliphatic rings. The highest BCUT2D eigenvalue weighted by Crippen LogP contribution is 2.42. The zero-order chi connectivity index (χ0) is 10.9. The van der Waals surface area contributed by atoms with Crippen LogP contribution in [-0.4, -0.2) is 15.7 Å². The van der Waals surface area contributed by atoms with E-state index in [4.69, 9.17) is 0 Å². The van der Waals surface area contributed by atoms with Gasteiger partial charge >= 0.3 is 0 Å². The zero-order valence-electron chi connectivity index (χ0n) is 9.49. The second-order valence-corrected chi connectivity index (χ2v) is 6.50. The largest absolute Gasteiger partial charge is 0.389 e. The molecule has 0 bridgehead atoms. The Bertz CT molecular complexity index is 320. The van der Waals surface area contributed by atoms with Crippen LogP contribution >= 0.6 is 11.3 Å². The molecule has 84 valence electrons. The predicted octanol–water partition coefficient (Wildman–Crippen LogP) is 3.02. The molecule has 15 heavy (non-hydrogen) atoms. The van der Waals surface area contributed by atoms with Crippen molar-refractivity contribution in [2.45, 2.75) is 51.6 Å². The fraction of sp³-hybridized carbons (Fsp3) is 0.750. The second-order valence-electron chi connectivity index (χ2n) is 5.52. The minimum Gasteiger partial charge on any atom is -0.389 e. The van der Waals surface area contributed by atoms with Gasteiger partial charge in [-0.3, -0.25) is 0 Å². The summed E-state index contributed by atoms with van der Waals surface area (Å²) in [7, 11) is 0. The molecule has 0 amide bonds. The molecule has 0 radical (unpaired) electrons. The molecule has 1 aliphatic carbocycles. The van der Waals surface area contributed by atoms with Gasteiger partial charge < -0.3 is 5.11 Å². The lowest BCUT2D eigenvalue weighted by atomic mass is 9.69. The Labute approximate surface area is 95.4 Å². The number of rotatable bonds is 2. The fourth-order valence-corrected chi connectivity index (χ4v) is 3.49. The first kappa shape index (κ1) is 11.1. The number of hydrogen-bond donors (Lipinski definition) is 1. The normalized spacial score (nSPS) is 30.3. The lowest BCUT2D eigenvalue weighted by Crippen LogP contribution is -2.40. The maximum atomic E-state index is 10.5. The molecule has 1 N–H and O–H groups in total. The van der Waals surface area contributed by atoms with Crippen molar-refractivity contribution in [2.24, 2.45) is 5.41 Å². The average molecular weight is 225 g/mol. The first-order valence-corrected chi connectivity index (χ1v) is 6.48. The van der Waals surface area contributed by atoms with Crippen LogP contribution in [0.4, 0.5) is 0 Å². The van der Waals surface area contributed by atoms with Gasteiger partial charge in [0.05, 0.1) is 10.6 Å². The molecule has 0 aromatic carbocycles. The Balaban J connectivity index is 2.06. The molecule has 2 rings (SSSR count). The van der Waals surface area contributed by atoms with Gasteiger partial charge in [0.25, 0.3) is 0 Å². The van der Waals surface area contributed by atoms with E-state index in [9.17, 15) is 5.11 Å². The van der Waals surface area contributed by atoms with Gasteiger partial charge in [0.15, 0.2) is 0 Å². The third-order valence-corrected chi connectivity index (χ3v) is 4.05. The number of thiazole rings is 1. The number of aliphatic hydroxyl groups is 1. The third kappa shape index (κ3) is 2.79. The van der Waals surface area contributed by atoms with Crippen LogP contribution in [0.5, 0.6) is 0 Å². The van der Waals surface area contributed by atoms with E-state index < -0.39 is 5.60 Å². The molecule has 0 aliphatic heterocycles. The maximum Gasteiger partial charge on any atom is 0.0953 e. The van der Waals surface area contributed by atoms with Crippen LogP contribution in [0, 0.1) is 5.41 Å². The summed E-state index contributed by atoms with van der Waals surface area (Å²) < 4.78 is 0. The van der Waals surface area contributed by atoms with Crippen molar-refractivity contribution >= 4 is 11.3 Å².